The molecule has 1 heterocycles. The fourth-order valence-electron chi connectivity index (χ4n) is 2.41. The van der Waals surface area contributed by atoms with Crippen LogP contribution in [0.15, 0.2) is 58.4 Å². The second-order valence-corrected chi connectivity index (χ2v) is 9.77. The third-order valence-corrected chi connectivity index (χ3v) is 5.97. The van der Waals surface area contributed by atoms with Crippen LogP contribution in [-0.4, -0.2) is 32.8 Å². The number of nitrogens with one attached hydrogen (secondary N) is 1. The molecule has 1 aromatic heterocycles. The minimum absolute atomic E-state index is 0.486. The Morgan fingerprint density at radius 3 is 2.40 bits per heavy atom. The molecule has 30 heavy (non-hydrogen) atoms. The molecule has 2 aromatic carbocycles. The summed E-state index contributed by atoms with van der Waals surface area (Å²) in [6, 6.07) is 14.9. The van der Waals surface area contributed by atoms with Crippen LogP contribution in [0.1, 0.15) is 6.92 Å². The Kier molecular flexibility index (Phi) is 6.88. The molecular formula is C19H19BrN3O5PS. The van der Waals surface area contributed by atoms with Crippen LogP contribution < -0.4 is 11.1 Å². The van der Waals surface area contributed by atoms with Crippen LogP contribution in [0.2, 0.25) is 0 Å². The molecule has 0 radical (unpaired) electrons. The predicted molar refractivity (Wildman–Crippen MR) is 120 cm³/mol. The molecule has 0 saturated heterocycles. The molecular weight excluding hydrogens is 493 g/mol. The molecule has 0 bridgehead atoms. The molecule has 1 amide bonds. The third-order valence-electron chi connectivity index (χ3n) is 4.09. The second kappa shape index (κ2) is 9.07. The number of hydrogen-bond donors (Lipinski definition) is 4. The lowest BCUT2D eigenvalue weighted by atomic mass is 10.0. The lowest BCUT2D eigenvalue weighted by molar-refractivity contribution is -0.121. The van der Waals surface area contributed by atoms with E-state index in [1.54, 1.807) is 12.1 Å². The smallest absolute Gasteiger partial charge is 0.324 e. The van der Waals surface area contributed by atoms with E-state index in [1.807, 2.05) is 41.8 Å². The number of benzene rings is 2. The van der Waals surface area contributed by atoms with Crippen molar-refractivity contribution in [2.24, 2.45) is 5.73 Å². The van der Waals surface area contributed by atoms with Crippen molar-refractivity contribution in [3.05, 3.63) is 58.4 Å². The van der Waals surface area contributed by atoms with E-state index in [-0.39, 0.29) is 0 Å². The van der Waals surface area contributed by atoms with Crippen molar-refractivity contribution in [2.45, 2.75) is 12.5 Å². The number of phosphoric acid groups is 1. The van der Waals surface area contributed by atoms with Gasteiger partial charge in [0.1, 0.15) is 10.5 Å². The van der Waals surface area contributed by atoms with Gasteiger partial charge in [0, 0.05) is 26.7 Å². The third kappa shape index (κ3) is 6.05. The summed E-state index contributed by atoms with van der Waals surface area (Å²) >= 11 is 4.96. The maximum atomic E-state index is 12.3. The van der Waals surface area contributed by atoms with Crippen molar-refractivity contribution in [2.75, 3.05) is 11.9 Å². The van der Waals surface area contributed by atoms with Gasteiger partial charge in [-0.15, -0.1) is 11.3 Å². The molecule has 0 aliphatic heterocycles. The van der Waals surface area contributed by atoms with Gasteiger partial charge in [0.2, 0.25) is 5.91 Å². The minimum Gasteiger partial charge on any atom is -0.324 e. The molecule has 0 aliphatic rings. The van der Waals surface area contributed by atoms with Gasteiger partial charge in [-0.2, -0.15) is 0 Å². The van der Waals surface area contributed by atoms with Gasteiger partial charge >= 0.3 is 7.82 Å². The van der Waals surface area contributed by atoms with E-state index in [4.69, 9.17) is 15.5 Å². The highest BCUT2D eigenvalue weighted by Gasteiger charge is 2.32. The Balaban J connectivity index is 1.67. The molecule has 11 heteroatoms. The molecule has 1 atom stereocenters. The van der Waals surface area contributed by atoms with Crippen LogP contribution in [0.5, 0.6) is 0 Å². The van der Waals surface area contributed by atoms with E-state index < -0.39 is 25.9 Å². The molecule has 3 aromatic rings. The van der Waals surface area contributed by atoms with Crippen molar-refractivity contribution in [3.8, 4) is 21.8 Å². The summed E-state index contributed by atoms with van der Waals surface area (Å²) in [7, 11) is -4.72. The summed E-state index contributed by atoms with van der Waals surface area (Å²) < 4.78 is 16.2. The number of anilines is 1. The number of carbonyl (C=O) groups excluding carboxylic acids is 1. The van der Waals surface area contributed by atoms with E-state index in [9.17, 15) is 9.36 Å². The fraction of sp³-hybridized carbons (Fsp3) is 0.158. The Morgan fingerprint density at radius 2 is 1.80 bits per heavy atom. The van der Waals surface area contributed by atoms with Crippen molar-refractivity contribution in [3.63, 3.8) is 0 Å². The van der Waals surface area contributed by atoms with Gasteiger partial charge in [-0.1, -0.05) is 40.2 Å². The number of nitrogens with two attached hydrogens (primary N) is 1. The lowest BCUT2D eigenvalue weighted by Gasteiger charge is -2.23. The standard InChI is InChI=1S/C19H19BrN3O5PS/c1-19(21,11-28-29(25,26)27)18(24)22-15-8-4-12(5-9-15)16-10-30-17(23-16)13-2-6-14(20)7-3-13/h2-10H,11,21H2,1H3,(H,22,24)(H2,25,26,27). The molecule has 1 unspecified atom stereocenters. The number of aromatic nitrogens is 1. The van der Waals surface area contributed by atoms with E-state index in [0.717, 1.165) is 26.3 Å². The number of nitrogens with zero attached hydrogens (tertiary/aromatic N) is 1. The van der Waals surface area contributed by atoms with E-state index in [0.29, 0.717) is 5.69 Å². The number of thiazole rings is 1. The molecule has 0 spiro atoms. The van der Waals surface area contributed by atoms with Crippen LogP contribution in [0.25, 0.3) is 21.8 Å². The van der Waals surface area contributed by atoms with Crippen molar-refractivity contribution in [1.82, 2.24) is 4.98 Å². The van der Waals surface area contributed by atoms with Crippen molar-refractivity contribution >= 4 is 46.7 Å². The highest BCUT2D eigenvalue weighted by molar-refractivity contribution is 9.10. The summed E-state index contributed by atoms with van der Waals surface area (Å²) in [4.78, 5) is 34.5. The van der Waals surface area contributed by atoms with Crippen LogP contribution in [-0.2, 0) is 13.9 Å². The second-order valence-electron chi connectivity index (χ2n) is 6.76. The van der Waals surface area contributed by atoms with Gasteiger partial charge in [0.15, 0.2) is 0 Å². The van der Waals surface area contributed by atoms with Gasteiger partial charge in [-0.25, -0.2) is 9.55 Å². The highest BCUT2D eigenvalue weighted by Crippen LogP contribution is 2.36. The zero-order chi connectivity index (χ0) is 21.9. The topological polar surface area (TPSA) is 135 Å². The average Bonchev–Trinajstić information content (AvgIpc) is 3.17. The molecule has 5 N–H and O–H groups in total. The number of amides is 1. The molecule has 0 aliphatic carbocycles. The van der Waals surface area contributed by atoms with Crippen LogP contribution >= 0.6 is 35.1 Å². The first-order valence-electron chi connectivity index (χ1n) is 8.66. The lowest BCUT2D eigenvalue weighted by Crippen LogP contribution is -2.52. The fourth-order valence-corrected chi connectivity index (χ4v) is 3.95. The number of halogens is 1. The summed E-state index contributed by atoms with van der Waals surface area (Å²) in [5.74, 6) is -0.630. The number of phosphoric ester groups is 1. The maximum absolute atomic E-state index is 12.3. The number of hydrogen-bond acceptors (Lipinski definition) is 6. The average molecular weight is 512 g/mol. The van der Waals surface area contributed by atoms with Crippen molar-refractivity contribution < 1.29 is 23.7 Å². The predicted octanol–water partition coefficient (Wildman–Crippen LogP) is 4.00. The zero-order valence-corrected chi connectivity index (χ0v) is 19.1. The first-order valence-corrected chi connectivity index (χ1v) is 11.9. The first-order chi connectivity index (χ1) is 14.0. The van der Waals surface area contributed by atoms with Crippen LogP contribution in [0.4, 0.5) is 5.69 Å². The monoisotopic (exact) mass is 511 g/mol. The summed E-state index contributed by atoms with van der Waals surface area (Å²) in [5, 5.41) is 5.48. The molecule has 8 nitrogen and oxygen atoms in total. The van der Waals surface area contributed by atoms with Gasteiger partial charge in [0.05, 0.1) is 12.3 Å². The largest absolute Gasteiger partial charge is 0.469 e. The summed E-state index contributed by atoms with van der Waals surface area (Å²) in [6.07, 6.45) is 0. The summed E-state index contributed by atoms with van der Waals surface area (Å²) in [5.41, 5.74) is 7.40. The zero-order valence-electron chi connectivity index (χ0n) is 15.8. The molecule has 3 rings (SSSR count). The Morgan fingerprint density at radius 1 is 1.20 bits per heavy atom. The number of carbonyl (C=O) groups is 1. The molecule has 0 saturated carbocycles. The van der Waals surface area contributed by atoms with E-state index >= 15 is 0 Å². The van der Waals surface area contributed by atoms with Gasteiger partial charge < -0.3 is 20.8 Å². The summed E-state index contributed by atoms with van der Waals surface area (Å²) in [6.45, 7) is 0.699. The Bertz CT molecular complexity index is 1080. The number of rotatable bonds is 7. The molecule has 158 valence electrons. The van der Waals surface area contributed by atoms with Crippen molar-refractivity contribution in [1.29, 1.82) is 0 Å². The Labute approximate surface area is 185 Å². The SMILES string of the molecule is CC(N)(COP(=O)(O)O)C(=O)Nc1ccc(-c2csc(-c3ccc(Br)cc3)n2)cc1. The maximum Gasteiger partial charge on any atom is 0.469 e. The van der Waals surface area contributed by atoms with Crippen LogP contribution in [0, 0.1) is 0 Å². The van der Waals surface area contributed by atoms with Gasteiger partial charge in [-0.3, -0.25) is 9.32 Å². The highest BCUT2D eigenvalue weighted by atomic mass is 79.9. The minimum atomic E-state index is -4.72. The van der Waals surface area contributed by atoms with Gasteiger partial charge in [-0.05, 0) is 31.2 Å². The Hall–Kier alpha value is -1.91. The van der Waals surface area contributed by atoms with Gasteiger partial charge in [0.25, 0.3) is 0 Å². The molecule has 0 fully saturated rings. The first kappa shape index (κ1) is 22.8. The quantitative estimate of drug-likeness (QED) is 0.352. The van der Waals surface area contributed by atoms with E-state index in [1.165, 1.54) is 18.3 Å². The normalized spacial score (nSPS) is 13.6. The van der Waals surface area contributed by atoms with Crippen LogP contribution in [0.3, 0.4) is 0 Å². The van der Waals surface area contributed by atoms with E-state index in [2.05, 4.69) is 30.8 Å².